The smallest absolute Gasteiger partial charge is 0.323 e. The van der Waals surface area contributed by atoms with Gasteiger partial charge in [-0.25, -0.2) is 13.6 Å². The molecule has 2 aromatic rings. The SMILES string of the molecule is N#Cc1ccc(NC(=O)Nc2ccc(F)cc2F)c(N)c1. The first-order valence-electron chi connectivity index (χ1n) is 5.82. The summed E-state index contributed by atoms with van der Waals surface area (Å²) < 4.78 is 26.1. The molecule has 0 saturated heterocycles. The molecule has 0 heterocycles. The van der Waals surface area contributed by atoms with Crippen LogP contribution < -0.4 is 16.4 Å². The molecule has 0 fully saturated rings. The van der Waals surface area contributed by atoms with Crippen LogP contribution in [0.5, 0.6) is 0 Å². The van der Waals surface area contributed by atoms with E-state index in [1.165, 1.54) is 18.2 Å². The maximum atomic E-state index is 13.4. The third-order valence-corrected chi connectivity index (χ3v) is 2.61. The molecule has 21 heavy (non-hydrogen) atoms. The van der Waals surface area contributed by atoms with Crippen LogP contribution in [0.3, 0.4) is 0 Å². The first kappa shape index (κ1) is 14.3. The molecule has 5 nitrogen and oxygen atoms in total. The predicted molar refractivity (Wildman–Crippen MR) is 74.6 cm³/mol. The minimum Gasteiger partial charge on any atom is -0.397 e. The first-order chi connectivity index (χ1) is 9.99. The van der Waals surface area contributed by atoms with Crippen molar-refractivity contribution in [3.8, 4) is 6.07 Å². The first-order valence-corrected chi connectivity index (χ1v) is 5.82. The zero-order valence-corrected chi connectivity index (χ0v) is 10.7. The largest absolute Gasteiger partial charge is 0.397 e. The van der Waals surface area contributed by atoms with Crippen LogP contribution >= 0.6 is 0 Å². The number of anilines is 3. The van der Waals surface area contributed by atoms with Crippen molar-refractivity contribution in [2.75, 3.05) is 16.4 Å². The summed E-state index contributed by atoms with van der Waals surface area (Å²) >= 11 is 0. The minimum atomic E-state index is -0.891. The number of nitriles is 1. The number of hydrogen-bond donors (Lipinski definition) is 3. The molecule has 0 aliphatic heterocycles. The maximum absolute atomic E-state index is 13.4. The number of rotatable bonds is 2. The van der Waals surface area contributed by atoms with Crippen molar-refractivity contribution < 1.29 is 13.6 Å². The van der Waals surface area contributed by atoms with Gasteiger partial charge in [-0.1, -0.05) is 0 Å². The van der Waals surface area contributed by atoms with Crippen LogP contribution in [0, 0.1) is 23.0 Å². The maximum Gasteiger partial charge on any atom is 0.323 e. The van der Waals surface area contributed by atoms with E-state index in [0.717, 1.165) is 12.1 Å². The Bertz CT molecular complexity index is 740. The second-order valence-corrected chi connectivity index (χ2v) is 4.12. The predicted octanol–water partition coefficient (Wildman–Crippen LogP) is 3.06. The molecule has 0 aromatic heterocycles. The van der Waals surface area contributed by atoms with Gasteiger partial charge in [0.15, 0.2) is 0 Å². The fourth-order valence-corrected chi connectivity index (χ4v) is 1.61. The average Bonchev–Trinajstić information content (AvgIpc) is 2.44. The highest BCUT2D eigenvalue weighted by atomic mass is 19.1. The normalized spacial score (nSPS) is 9.76. The van der Waals surface area contributed by atoms with Gasteiger partial charge in [0.05, 0.1) is 28.7 Å². The average molecular weight is 288 g/mol. The molecule has 2 aromatic carbocycles. The van der Waals surface area contributed by atoms with Crippen LogP contribution in [0.2, 0.25) is 0 Å². The van der Waals surface area contributed by atoms with Gasteiger partial charge < -0.3 is 16.4 Å². The summed E-state index contributed by atoms with van der Waals surface area (Å²) in [6, 6.07) is 8.28. The zero-order valence-electron chi connectivity index (χ0n) is 10.7. The number of nitrogen functional groups attached to an aromatic ring is 1. The number of nitrogens with two attached hydrogens (primary N) is 1. The van der Waals surface area contributed by atoms with Crippen LogP contribution in [0.4, 0.5) is 30.6 Å². The number of amides is 2. The molecule has 0 aliphatic carbocycles. The lowest BCUT2D eigenvalue weighted by atomic mass is 10.2. The Hall–Kier alpha value is -3.14. The van der Waals surface area contributed by atoms with Crippen molar-refractivity contribution in [1.29, 1.82) is 5.26 Å². The number of benzene rings is 2. The number of carbonyl (C=O) groups is 1. The molecular weight excluding hydrogens is 278 g/mol. The molecule has 2 amide bonds. The fraction of sp³-hybridized carbons (Fsp3) is 0. The standard InChI is InChI=1S/C14H10F2N4O/c15-9-2-4-12(10(16)6-9)19-14(21)20-13-3-1-8(7-17)5-11(13)18/h1-6H,18H2,(H2,19,20,21). The van der Waals surface area contributed by atoms with Crippen LogP contribution in [-0.4, -0.2) is 6.03 Å². The van der Waals surface area contributed by atoms with Gasteiger partial charge in [-0.15, -0.1) is 0 Å². The molecule has 0 spiro atoms. The Kier molecular flexibility index (Phi) is 4.00. The molecule has 7 heteroatoms. The second-order valence-electron chi connectivity index (χ2n) is 4.12. The summed E-state index contributed by atoms with van der Waals surface area (Å²) in [5.74, 6) is -1.63. The number of urea groups is 1. The van der Waals surface area contributed by atoms with Crippen molar-refractivity contribution in [1.82, 2.24) is 0 Å². The van der Waals surface area contributed by atoms with Crippen molar-refractivity contribution >= 4 is 23.1 Å². The van der Waals surface area contributed by atoms with Crippen molar-refractivity contribution in [2.45, 2.75) is 0 Å². The lowest BCUT2D eigenvalue weighted by molar-refractivity contribution is 0.262. The number of carbonyl (C=O) groups excluding carboxylic acids is 1. The third kappa shape index (κ3) is 3.45. The van der Waals surface area contributed by atoms with Gasteiger partial charge in [-0.2, -0.15) is 5.26 Å². The number of nitrogens with zero attached hydrogens (tertiary/aromatic N) is 1. The number of nitrogens with one attached hydrogen (secondary N) is 2. The van der Waals surface area contributed by atoms with Gasteiger partial charge in [0.25, 0.3) is 0 Å². The number of halogens is 2. The lowest BCUT2D eigenvalue weighted by Gasteiger charge is -2.10. The van der Waals surface area contributed by atoms with E-state index in [0.29, 0.717) is 11.6 Å². The van der Waals surface area contributed by atoms with Crippen molar-refractivity contribution in [2.24, 2.45) is 0 Å². The molecular formula is C14H10F2N4O. The summed E-state index contributed by atoms with van der Waals surface area (Å²) in [4.78, 5) is 11.7. The highest BCUT2D eigenvalue weighted by molar-refractivity contribution is 6.01. The highest BCUT2D eigenvalue weighted by Crippen LogP contribution is 2.20. The van der Waals surface area contributed by atoms with Gasteiger partial charge in [-0.05, 0) is 30.3 Å². The number of hydrogen-bond acceptors (Lipinski definition) is 3. The van der Waals surface area contributed by atoms with Crippen molar-refractivity contribution in [3.63, 3.8) is 0 Å². The van der Waals surface area contributed by atoms with Crippen LogP contribution in [0.25, 0.3) is 0 Å². The van der Waals surface area contributed by atoms with Crippen LogP contribution in [0.1, 0.15) is 5.56 Å². The second kappa shape index (κ2) is 5.88. The summed E-state index contributed by atoms with van der Waals surface area (Å²) in [6.07, 6.45) is 0. The van der Waals surface area contributed by atoms with Crippen LogP contribution in [-0.2, 0) is 0 Å². The molecule has 0 unspecified atom stereocenters. The molecule has 4 N–H and O–H groups in total. The van der Waals surface area contributed by atoms with E-state index in [1.54, 1.807) is 0 Å². The molecule has 106 valence electrons. The van der Waals surface area contributed by atoms with E-state index in [-0.39, 0.29) is 17.1 Å². The van der Waals surface area contributed by atoms with E-state index in [9.17, 15) is 13.6 Å². The van der Waals surface area contributed by atoms with Gasteiger partial charge >= 0.3 is 6.03 Å². The lowest BCUT2D eigenvalue weighted by Crippen LogP contribution is -2.20. The fourth-order valence-electron chi connectivity index (χ4n) is 1.61. The van der Waals surface area contributed by atoms with Gasteiger partial charge in [0, 0.05) is 6.07 Å². The Balaban J connectivity index is 2.10. The van der Waals surface area contributed by atoms with Crippen molar-refractivity contribution in [3.05, 3.63) is 53.6 Å². The third-order valence-electron chi connectivity index (χ3n) is 2.61. The molecule has 2 rings (SSSR count). The summed E-state index contributed by atoms with van der Waals surface area (Å²) in [5.41, 5.74) is 6.33. The Morgan fingerprint density at radius 3 is 2.38 bits per heavy atom. The summed E-state index contributed by atoms with van der Waals surface area (Å²) in [6.45, 7) is 0. The van der Waals surface area contributed by atoms with Crippen LogP contribution in [0.15, 0.2) is 36.4 Å². The molecule has 0 radical (unpaired) electrons. The van der Waals surface area contributed by atoms with Gasteiger partial charge in [0.1, 0.15) is 11.6 Å². The highest BCUT2D eigenvalue weighted by Gasteiger charge is 2.09. The van der Waals surface area contributed by atoms with E-state index in [1.807, 2.05) is 6.07 Å². The monoisotopic (exact) mass is 288 g/mol. The molecule has 0 saturated carbocycles. The Labute approximate surface area is 119 Å². The van der Waals surface area contributed by atoms with Gasteiger partial charge in [0.2, 0.25) is 0 Å². The summed E-state index contributed by atoms with van der Waals surface area (Å²) in [7, 11) is 0. The van der Waals surface area contributed by atoms with Gasteiger partial charge in [-0.3, -0.25) is 0 Å². The van der Waals surface area contributed by atoms with E-state index >= 15 is 0 Å². The molecule has 0 aliphatic rings. The molecule has 0 bridgehead atoms. The zero-order chi connectivity index (χ0) is 15.4. The van der Waals surface area contributed by atoms with E-state index in [2.05, 4.69) is 10.6 Å². The Morgan fingerprint density at radius 2 is 1.76 bits per heavy atom. The Morgan fingerprint density at radius 1 is 1.10 bits per heavy atom. The minimum absolute atomic E-state index is 0.166. The van der Waals surface area contributed by atoms with E-state index < -0.39 is 17.7 Å². The molecule has 0 atom stereocenters. The van der Waals surface area contributed by atoms with E-state index in [4.69, 9.17) is 11.0 Å². The summed E-state index contributed by atoms with van der Waals surface area (Å²) in [5, 5.41) is 13.3. The topological polar surface area (TPSA) is 90.9 Å². The quantitative estimate of drug-likeness (QED) is 0.742.